The van der Waals surface area contributed by atoms with E-state index < -0.39 is 4.92 Å². The first-order chi connectivity index (χ1) is 10.1. The molecule has 7 heteroatoms. The zero-order valence-corrected chi connectivity index (χ0v) is 12.1. The van der Waals surface area contributed by atoms with E-state index in [-0.39, 0.29) is 11.6 Å². The molecule has 1 amide bonds. The van der Waals surface area contributed by atoms with Gasteiger partial charge in [0, 0.05) is 24.5 Å². The van der Waals surface area contributed by atoms with Crippen molar-refractivity contribution in [3.8, 4) is 0 Å². The Balaban J connectivity index is 2.33. The molecule has 2 heterocycles. The maximum atomic E-state index is 12.4. The molecule has 112 valence electrons. The predicted octanol–water partition coefficient (Wildman–Crippen LogP) is 2.73. The number of hydrogen-bond donors (Lipinski definition) is 1. The van der Waals surface area contributed by atoms with Gasteiger partial charge in [-0.05, 0) is 18.9 Å². The molecule has 2 rings (SSSR count). The lowest BCUT2D eigenvalue weighted by atomic mass is 10.2. The number of nitro groups is 1. The number of hydrogen-bond acceptors (Lipinski definition) is 4. The van der Waals surface area contributed by atoms with Crippen LogP contribution in [0, 0.1) is 10.1 Å². The minimum Gasteiger partial charge on any atom is -0.337 e. The van der Waals surface area contributed by atoms with E-state index in [2.05, 4.69) is 9.97 Å². The van der Waals surface area contributed by atoms with Gasteiger partial charge in [-0.15, -0.1) is 0 Å². The van der Waals surface area contributed by atoms with Crippen molar-refractivity contribution in [1.82, 2.24) is 14.9 Å². The van der Waals surface area contributed by atoms with Gasteiger partial charge in [-0.25, -0.2) is 4.98 Å². The molecule has 2 aromatic rings. The predicted molar refractivity (Wildman–Crippen MR) is 79.2 cm³/mol. The molecule has 0 saturated carbocycles. The fraction of sp³-hybridized carbons (Fsp3) is 0.429. The molecule has 21 heavy (non-hydrogen) atoms. The van der Waals surface area contributed by atoms with E-state index in [1.807, 2.05) is 13.8 Å². The summed E-state index contributed by atoms with van der Waals surface area (Å²) in [4.78, 5) is 31.4. The summed E-state index contributed by atoms with van der Waals surface area (Å²) in [5.74, 6) is -0.0978. The Labute approximate surface area is 122 Å². The van der Waals surface area contributed by atoms with Gasteiger partial charge in [-0.2, -0.15) is 0 Å². The second kappa shape index (κ2) is 6.34. The lowest BCUT2D eigenvalue weighted by Crippen LogP contribution is -2.32. The highest BCUT2D eigenvalue weighted by molar-refractivity contribution is 5.97. The summed E-state index contributed by atoms with van der Waals surface area (Å²) in [7, 11) is 0. The zero-order valence-electron chi connectivity index (χ0n) is 12.1. The van der Waals surface area contributed by atoms with Gasteiger partial charge in [0.15, 0.2) is 0 Å². The van der Waals surface area contributed by atoms with Crippen LogP contribution in [0.25, 0.3) is 11.0 Å². The highest BCUT2D eigenvalue weighted by Crippen LogP contribution is 2.20. The monoisotopic (exact) mass is 290 g/mol. The summed E-state index contributed by atoms with van der Waals surface area (Å²) in [6, 6.07) is 3.04. The molecule has 0 aliphatic rings. The van der Waals surface area contributed by atoms with Crippen LogP contribution in [0.3, 0.4) is 0 Å². The number of H-pyrrole nitrogens is 1. The van der Waals surface area contributed by atoms with E-state index in [1.165, 1.54) is 12.3 Å². The minimum atomic E-state index is -0.499. The normalized spacial score (nSPS) is 10.8. The van der Waals surface area contributed by atoms with E-state index >= 15 is 0 Å². The standard InChI is InChI=1S/C14H18N4O3/c1-3-5-17(6-4-2)14(19)12-8-10-7-11(18(20)21)9-15-13(10)16-12/h7-9H,3-6H2,1-2H3,(H,15,16). The third-order valence-electron chi connectivity index (χ3n) is 3.17. The summed E-state index contributed by atoms with van der Waals surface area (Å²) in [5.41, 5.74) is 0.816. The molecular formula is C14H18N4O3. The number of pyridine rings is 1. The first-order valence-corrected chi connectivity index (χ1v) is 6.99. The van der Waals surface area contributed by atoms with E-state index in [1.54, 1.807) is 11.0 Å². The lowest BCUT2D eigenvalue weighted by molar-refractivity contribution is -0.385. The van der Waals surface area contributed by atoms with E-state index in [9.17, 15) is 14.9 Å². The van der Waals surface area contributed by atoms with Crippen molar-refractivity contribution in [1.29, 1.82) is 0 Å². The maximum Gasteiger partial charge on any atom is 0.288 e. The lowest BCUT2D eigenvalue weighted by Gasteiger charge is -2.20. The number of nitrogens with zero attached hydrogens (tertiary/aromatic N) is 3. The third-order valence-corrected chi connectivity index (χ3v) is 3.17. The Kier molecular flexibility index (Phi) is 4.52. The Hall–Kier alpha value is -2.44. The fourth-order valence-corrected chi connectivity index (χ4v) is 2.24. The second-order valence-corrected chi connectivity index (χ2v) is 4.86. The molecule has 0 saturated heterocycles. The second-order valence-electron chi connectivity index (χ2n) is 4.86. The quantitative estimate of drug-likeness (QED) is 0.654. The highest BCUT2D eigenvalue weighted by atomic mass is 16.6. The molecule has 0 spiro atoms. The van der Waals surface area contributed by atoms with Gasteiger partial charge in [-0.1, -0.05) is 13.8 Å². The Morgan fingerprint density at radius 3 is 2.57 bits per heavy atom. The molecule has 0 aliphatic heterocycles. The minimum absolute atomic E-state index is 0.0838. The third kappa shape index (κ3) is 3.18. The molecule has 0 fully saturated rings. The Morgan fingerprint density at radius 2 is 2.00 bits per heavy atom. The fourth-order valence-electron chi connectivity index (χ4n) is 2.24. The molecule has 0 aromatic carbocycles. The molecule has 0 bridgehead atoms. The molecule has 0 atom stereocenters. The van der Waals surface area contributed by atoms with Crippen LogP contribution in [-0.2, 0) is 0 Å². The van der Waals surface area contributed by atoms with Gasteiger partial charge in [0.2, 0.25) is 0 Å². The Bertz CT molecular complexity index is 659. The van der Waals surface area contributed by atoms with Crippen LogP contribution in [0.1, 0.15) is 37.2 Å². The first-order valence-electron chi connectivity index (χ1n) is 6.99. The summed E-state index contributed by atoms with van der Waals surface area (Å²) in [6.07, 6.45) is 2.95. The van der Waals surface area contributed by atoms with E-state index in [4.69, 9.17) is 0 Å². The van der Waals surface area contributed by atoms with Gasteiger partial charge >= 0.3 is 0 Å². The topological polar surface area (TPSA) is 92.1 Å². The SMILES string of the molecule is CCCN(CCC)C(=O)c1cc2cc([N+](=O)[O-])cnc2[nH]1. The number of aromatic nitrogens is 2. The number of carbonyl (C=O) groups is 1. The summed E-state index contributed by atoms with van der Waals surface area (Å²) in [6.45, 7) is 5.42. The van der Waals surface area contributed by atoms with Crippen molar-refractivity contribution in [2.24, 2.45) is 0 Å². The molecular weight excluding hydrogens is 272 g/mol. The number of aromatic amines is 1. The summed E-state index contributed by atoms with van der Waals surface area (Å²) in [5, 5.41) is 11.3. The van der Waals surface area contributed by atoms with Gasteiger partial charge in [-0.3, -0.25) is 14.9 Å². The van der Waals surface area contributed by atoms with E-state index in [0.717, 1.165) is 12.8 Å². The van der Waals surface area contributed by atoms with Gasteiger partial charge in [0.25, 0.3) is 11.6 Å². The zero-order chi connectivity index (χ0) is 15.4. The van der Waals surface area contributed by atoms with Crippen molar-refractivity contribution in [2.75, 3.05) is 13.1 Å². The van der Waals surface area contributed by atoms with Crippen LogP contribution in [-0.4, -0.2) is 38.8 Å². The summed E-state index contributed by atoms with van der Waals surface area (Å²) < 4.78 is 0. The van der Waals surface area contributed by atoms with Crippen molar-refractivity contribution in [3.63, 3.8) is 0 Å². The molecule has 7 nitrogen and oxygen atoms in total. The van der Waals surface area contributed by atoms with Crippen LogP contribution >= 0.6 is 0 Å². The Morgan fingerprint density at radius 1 is 1.33 bits per heavy atom. The van der Waals surface area contributed by atoms with Crippen LogP contribution in [0.4, 0.5) is 5.69 Å². The average molecular weight is 290 g/mol. The average Bonchev–Trinajstić information content (AvgIpc) is 2.89. The van der Waals surface area contributed by atoms with Gasteiger partial charge in [0.1, 0.15) is 17.5 Å². The van der Waals surface area contributed by atoms with E-state index in [0.29, 0.717) is 29.8 Å². The molecule has 0 unspecified atom stereocenters. The summed E-state index contributed by atoms with van der Waals surface area (Å²) >= 11 is 0. The van der Waals surface area contributed by atoms with Crippen LogP contribution in [0.15, 0.2) is 18.3 Å². The maximum absolute atomic E-state index is 12.4. The van der Waals surface area contributed by atoms with Crippen molar-refractivity contribution < 1.29 is 9.72 Å². The molecule has 0 radical (unpaired) electrons. The number of amides is 1. The van der Waals surface area contributed by atoms with Crippen LogP contribution in [0.5, 0.6) is 0 Å². The first kappa shape index (κ1) is 15.0. The van der Waals surface area contributed by atoms with Crippen LogP contribution in [0.2, 0.25) is 0 Å². The van der Waals surface area contributed by atoms with Gasteiger partial charge < -0.3 is 9.88 Å². The number of nitrogens with one attached hydrogen (secondary N) is 1. The number of carbonyl (C=O) groups excluding carboxylic acids is 1. The van der Waals surface area contributed by atoms with Crippen molar-refractivity contribution >= 4 is 22.6 Å². The molecule has 0 aliphatic carbocycles. The van der Waals surface area contributed by atoms with Gasteiger partial charge in [0.05, 0.1) is 4.92 Å². The van der Waals surface area contributed by atoms with Crippen molar-refractivity contribution in [3.05, 3.63) is 34.1 Å². The molecule has 2 aromatic heterocycles. The number of fused-ring (bicyclic) bond motifs is 1. The molecule has 1 N–H and O–H groups in total. The van der Waals surface area contributed by atoms with Crippen LogP contribution < -0.4 is 0 Å². The van der Waals surface area contributed by atoms with Crippen molar-refractivity contribution in [2.45, 2.75) is 26.7 Å². The number of rotatable bonds is 6. The smallest absolute Gasteiger partial charge is 0.288 e. The highest BCUT2D eigenvalue weighted by Gasteiger charge is 2.18. The largest absolute Gasteiger partial charge is 0.337 e.